The van der Waals surface area contributed by atoms with E-state index in [1.54, 1.807) is 11.3 Å². The molecule has 3 nitrogen and oxygen atoms in total. The predicted octanol–water partition coefficient (Wildman–Crippen LogP) is 2.11. The normalized spacial score (nSPS) is 17.9. The lowest BCUT2D eigenvalue weighted by atomic mass is 10.2. The molecule has 0 spiro atoms. The van der Waals surface area contributed by atoms with Crippen molar-refractivity contribution in [2.75, 3.05) is 13.6 Å². The maximum Gasteiger partial charge on any atom is 0.0795 e. The zero-order valence-corrected chi connectivity index (χ0v) is 11.0. The van der Waals surface area contributed by atoms with Crippen LogP contribution in [-0.2, 0) is 6.54 Å². The molecule has 1 aliphatic rings. The topological polar surface area (TPSA) is 28.2 Å². The average molecular weight is 239 g/mol. The van der Waals surface area contributed by atoms with Gasteiger partial charge in [-0.25, -0.2) is 4.98 Å². The van der Waals surface area contributed by atoms with Gasteiger partial charge >= 0.3 is 0 Å². The van der Waals surface area contributed by atoms with Crippen molar-refractivity contribution in [3.63, 3.8) is 0 Å². The molecule has 4 heteroatoms. The van der Waals surface area contributed by atoms with E-state index in [1.807, 2.05) is 5.51 Å². The molecule has 0 amide bonds. The first-order chi connectivity index (χ1) is 7.79. The quantitative estimate of drug-likeness (QED) is 0.790. The summed E-state index contributed by atoms with van der Waals surface area (Å²) in [6, 6.07) is 1.43. The van der Waals surface area contributed by atoms with Gasteiger partial charge < -0.3 is 5.32 Å². The van der Waals surface area contributed by atoms with Crippen LogP contribution in [-0.4, -0.2) is 35.6 Å². The van der Waals surface area contributed by atoms with E-state index in [2.05, 4.69) is 34.6 Å². The Balaban J connectivity index is 1.77. The zero-order valence-electron chi connectivity index (χ0n) is 10.1. The highest BCUT2D eigenvalue weighted by Crippen LogP contribution is 2.19. The Morgan fingerprint density at radius 2 is 2.44 bits per heavy atom. The minimum absolute atomic E-state index is 0.627. The highest BCUT2D eigenvalue weighted by atomic mass is 32.1. The number of aromatic nitrogens is 1. The molecule has 1 unspecified atom stereocenters. The Morgan fingerprint density at radius 3 is 3.00 bits per heavy atom. The molecule has 0 saturated heterocycles. The van der Waals surface area contributed by atoms with E-state index >= 15 is 0 Å². The van der Waals surface area contributed by atoms with Crippen molar-refractivity contribution in [3.05, 3.63) is 16.6 Å². The van der Waals surface area contributed by atoms with Crippen LogP contribution in [0.3, 0.4) is 0 Å². The van der Waals surface area contributed by atoms with Crippen molar-refractivity contribution in [1.82, 2.24) is 15.2 Å². The second kappa shape index (κ2) is 5.75. The van der Waals surface area contributed by atoms with Gasteiger partial charge in [0.2, 0.25) is 0 Å². The number of likely N-dealkylation sites (N-methyl/N-ethyl adjacent to an activating group) is 1. The fourth-order valence-electron chi connectivity index (χ4n) is 1.90. The van der Waals surface area contributed by atoms with E-state index in [0.717, 1.165) is 19.1 Å². The van der Waals surface area contributed by atoms with E-state index in [-0.39, 0.29) is 0 Å². The Hall–Kier alpha value is -0.450. The van der Waals surface area contributed by atoms with Gasteiger partial charge in [0.1, 0.15) is 0 Å². The first kappa shape index (κ1) is 12.0. The van der Waals surface area contributed by atoms with Gasteiger partial charge in [-0.1, -0.05) is 6.92 Å². The molecule has 1 aromatic heterocycles. The molecule has 1 atom stereocenters. The molecule has 16 heavy (non-hydrogen) atoms. The minimum Gasteiger partial charge on any atom is -0.312 e. The summed E-state index contributed by atoms with van der Waals surface area (Å²) in [6.07, 6.45) is 3.93. The first-order valence-corrected chi connectivity index (χ1v) is 7.04. The van der Waals surface area contributed by atoms with E-state index in [9.17, 15) is 0 Å². The van der Waals surface area contributed by atoms with Gasteiger partial charge in [0.05, 0.1) is 11.2 Å². The molecule has 1 heterocycles. The largest absolute Gasteiger partial charge is 0.312 e. The summed E-state index contributed by atoms with van der Waals surface area (Å²) < 4.78 is 0. The molecule has 1 N–H and O–H groups in total. The van der Waals surface area contributed by atoms with Crippen LogP contribution in [0.1, 0.15) is 31.9 Å². The zero-order chi connectivity index (χ0) is 11.4. The molecule has 2 rings (SSSR count). The summed E-state index contributed by atoms with van der Waals surface area (Å²) in [5, 5.41) is 5.75. The Morgan fingerprint density at radius 1 is 1.62 bits per heavy atom. The maximum atomic E-state index is 4.34. The molecule has 1 aromatic rings. The number of rotatable bonds is 7. The highest BCUT2D eigenvalue weighted by molar-refractivity contribution is 7.07. The molecule has 0 bridgehead atoms. The third-order valence-corrected chi connectivity index (χ3v) is 3.84. The summed E-state index contributed by atoms with van der Waals surface area (Å²) >= 11 is 1.68. The van der Waals surface area contributed by atoms with Crippen LogP contribution in [0.15, 0.2) is 10.9 Å². The molecule has 1 saturated carbocycles. The molecule has 1 aliphatic carbocycles. The van der Waals surface area contributed by atoms with Crippen molar-refractivity contribution < 1.29 is 0 Å². The van der Waals surface area contributed by atoms with Gasteiger partial charge in [-0.05, 0) is 26.3 Å². The van der Waals surface area contributed by atoms with Crippen LogP contribution in [0, 0.1) is 0 Å². The lowest BCUT2D eigenvalue weighted by Crippen LogP contribution is -2.40. The van der Waals surface area contributed by atoms with E-state index in [0.29, 0.717) is 6.04 Å². The number of thiazole rings is 1. The van der Waals surface area contributed by atoms with Gasteiger partial charge in [0.25, 0.3) is 0 Å². The summed E-state index contributed by atoms with van der Waals surface area (Å²) in [6.45, 7) is 4.34. The second-order valence-electron chi connectivity index (χ2n) is 4.64. The minimum atomic E-state index is 0.627. The molecule has 1 fully saturated rings. The van der Waals surface area contributed by atoms with Crippen LogP contribution >= 0.6 is 11.3 Å². The van der Waals surface area contributed by atoms with Gasteiger partial charge in [0, 0.05) is 30.6 Å². The van der Waals surface area contributed by atoms with Crippen molar-refractivity contribution >= 4 is 11.3 Å². The van der Waals surface area contributed by atoms with E-state index in [1.165, 1.54) is 25.0 Å². The van der Waals surface area contributed by atoms with E-state index in [4.69, 9.17) is 0 Å². The van der Waals surface area contributed by atoms with Crippen LogP contribution in [0.5, 0.6) is 0 Å². The van der Waals surface area contributed by atoms with Crippen molar-refractivity contribution in [2.45, 2.75) is 44.8 Å². The van der Waals surface area contributed by atoms with Gasteiger partial charge in [-0.3, -0.25) is 4.90 Å². The smallest absolute Gasteiger partial charge is 0.0795 e. The number of nitrogens with zero attached hydrogens (tertiary/aromatic N) is 2. The fourth-order valence-corrected chi connectivity index (χ4v) is 2.45. The van der Waals surface area contributed by atoms with Crippen molar-refractivity contribution in [3.8, 4) is 0 Å². The van der Waals surface area contributed by atoms with Crippen LogP contribution < -0.4 is 5.32 Å². The third kappa shape index (κ3) is 3.54. The molecular formula is C12H21N3S. The number of hydrogen-bond acceptors (Lipinski definition) is 4. The summed E-state index contributed by atoms with van der Waals surface area (Å²) in [5.41, 5.74) is 3.10. The van der Waals surface area contributed by atoms with Crippen LogP contribution in [0.2, 0.25) is 0 Å². The lowest BCUT2D eigenvalue weighted by molar-refractivity contribution is 0.219. The molecule has 0 aliphatic heterocycles. The van der Waals surface area contributed by atoms with Gasteiger partial charge in [-0.2, -0.15) is 0 Å². The number of nitrogens with one attached hydrogen (secondary N) is 1. The fraction of sp³-hybridized carbons (Fsp3) is 0.750. The molecule has 0 aromatic carbocycles. The highest BCUT2D eigenvalue weighted by Gasteiger charge is 2.22. The SMILES string of the molecule is CCC(CNC1CC1)N(C)Cc1cscn1. The van der Waals surface area contributed by atoms with Crippen LogP contribution in [0.25, 0.3) is 0 Å². The molecule has 90 valence electrons. The standard InChI is InChI=1S/C12H21N3S/c1-3-12(6-13-10-4-5-10)15(2)7-11-8-16-9-14-11/h8-10,12-13H,3-7H2,1-2H3. The van der Waals surface area contributed by atoms with Gasteiger partial charge in [0.15, 0.2) is 0 Å². The summed E-state index contributed by atoms with van der Waals surface area (Å²) in [7, 11) is 2.20. The lowest BCUT2D eigenvalue weighted by Gasteiger charge is -2.26. The summed E-state index contributed by atoms with van der Waals surface area (Å²) in [4.78, 5) is 6.74. The second-order valence-corrected chi connectivity index (χ2v) is 5.36. The Labute approximate surface area is 102 Å². The molecule has 0 radical (unpaired) electrons. The van der Waals surface area contributed by atoms with Gasteiger partial charge in [-0.15, -0.1) is 11.3 Å². The van der Waals surface area contributed by atoms with E-state index < -0.39 is 0 Å². The number of hydrogen-bond donors (Lipinski definition) is 1. The van der Waals surface area contributed by atoms with Crippen LogP contribution in [0.4, 0.5) is 0 Å². The van der Waals surface area contributed by atoms with Crippen molar-refractivity contribution in [2.24, 2.45) is 0 Å². The predicted molar refractivity (Wildman–Crippen MR) is 68.7 cm³/mol. The summed E-state index contributed by atoms with van der Waals surface area (Å²) in [5.74, 6) is 0. The van der Waals surface area contributed by atoms with Crippen molar-refractivity contribution in [1.29, 1.82) is 0 Å². The average Bonchev–Trinajstić information content (AvgIpc) is 2.96. The maximum absolute atomic E-state index is 4.34. The molecular weight excluding hydrogens is 218 g/mol. The first-order valence-electron chi connectivity index (χ1n) is 6.10. The Kier molecular flexibility index (Phi) is 4.32. The third-order valence-electron chi connectivity index (χ3n) is 3.21. The Bertz CT molecular complexity index is 295. The monoisotopic (exact) mass is 239 g/mol.